The number of phenolic OH excluding ortho intramolecular Hbond substituents is 1. The topological polar surface area (TPSA) is 60.7 Å². The van der Waals surface area contributed by atoms with Crippen LogP contribution in [0.5, 0.6) is 5.75 Å². The second-order valence-corrected chi connectivity index (χ2v) is 3.93. The zero-order valence-corrected chi connectivity index (χ0v) is 9.28. The summed E-state index contributed by atoms with van der Waals surface area (Å²) in [6.45, 7) is 1.85. The first-order valence-corrected chi connectivity index (χ1v) is 5.31. The SMILES string of the molecule is Cc1ccc(O)c(C(O)C(O)CCCl)c1. The van der Waals surface area contributed by atoms with E-state index in [1.165, 1.54) is 6.07 Å². The fourth-order valence-corrected chi connectivity index (χ4v) is 1.61. The summed E-state index contributed by atoms with van der Waals surface area (Å²) in [5.41, 5.74) is 1.26. The van der Waals surface area contributed by atoms with Crippen LogP contribution in [0.1, 0.15) is 23.7 Å². The lowest BCUT2D eigenvalue weighted by atomic mass is 10.00. The molecule has 0 amide bonds. The summed E-state index contributed by atoms with van der Waals surface area (Å²) in [5.74, 6) is 0.256. The van der Waals surface area contributed by atoms with Crippen LogP contribution in [0.25, 0.3) is 0 Å². The van der Waals surface area contributed by atoms with Crippen LogP contribution in [0, 0.1) is 6.92 Å². The summed E-state index contributed by atoms with van der Waals surface area (Å²) in [7, 11) is 0. The lowest BCUT2D eigenvalue weighted by molar-refractivity contribution is 0.0156. The molecular formula is C11H15ClO3. The molecule has 3 nitrogen and oxygen atoms in total. The molecule has 0 saturated heterocycles. The summed E-state index contributed by atoms with van der Waals surface area (Å²) in [5, 5.41) is 28.8. The highest BCUT2D eigenvalue weighted by Crippen LogP contribution is 2.28. The number of alkyl halides is 1. The van der Waals surface area contributed by atoms with Crippen molar-refractivity contribution >= 4 is 11.6 Å². The number of aromatic hydroxyl groups is 1. The zero-order valence-electron chi connectivity index (χ0n) is 8.52. The lowest BCUT2D eigenvalue weighted by Gasteiger charge is -2.18. The molecule has 0 bridgehead atoms. The minimum absolute atomic E-state index is 0.0123. The molecule has 0 radical (unpaired) electrons. The molecule has 1 aromatic rings. The van der Waals surface area contributed by atoms with Gasteiger partial charge in [-0.3, -0.25) is 0 Å². The van der Waals surface area contributed by atoms with Gasteiger partial charge in [0, 0.05) is 11.4 Å². The highest BCUT2D eigenvalue weighted by molar-refractivity contribution is 6.17. The normalized spacial score (nSPS) is 14.9. The van der Waals surface area contributed by atoms with E-state index in [0.717, 1.165) is 5.56 Å². The van der Waals surface area contributed by atoms with Crippen molar-refractivity contribution in [1.29, 1.82) is 0 Å². The summed E-state index contributed by atoms with van der Waals surface area (Å²) in [6, 6.07) is 4.89. The Morgan fingerprint density at radius 2 is 2.00 bits per heavy atom. The fourth-order valence-electron chi connectivity index (χ4n) is 1.39. The number of rotatable bonds is 4. The van der Waals surface area contributed by atoms with Gasteiger partial charge in [0.05, 0.1) is 6.10 Å². The van der Waals surface area contributed by atoms with Crippen LogP contribution in [0.15, 0.2) is 18.2 Å². The van der Waals surface area contributed by atoms with Crippen molar-refractivity contribution in [3.05, 3.63) is 29.3 Å². The largest absolute Gasteiger partial charge is 0.508 e. The molecule has 2 atom stereocenters. The number of hydrogen-bond donors (Lipinski definition) is 3. The average Bonchev–Trinajstić information content (AvgIpc) is 2.21. The molecule has 0 aliphatic carbocycles. The Bertz CT molecular complexity index is 328. The van der Waals surface area contributed by atoms with E-state index >= 15 is 0 Å². The number of halogens is 1. The Balaban J connectivity index is 2.89. The lowest BCUT2D eigenvalue weighted by Crippen LogP contribution is -2.18. The van der Waals surface area contributed by atoms with Crippen LogP contribution in [0.4, 0.5) is 0 Å². The van der Waals surface area contributed by atoms with Gasteiger partial charge in [0.25, 0.3) is 0 Å². The molecule has 4 heteroatoms. The first-order chi connectivity index (χ1) is 7.06. The van der Waals surface area contributed by atoms with Crippen LogP contribution in [0.2, 0.25) is 0 Å². The Morgan fingerprint density at radius 3 is 2.60 bits per heavy atom. The molecule has 0 aliphatic heterocycles. The van der Waals surface area contributed by atoms with Gasteiger partial charge in [0.15, 0.2) is 0 Å². The molecule has 0 aliphatic rings. The maximum absolute atomic E-state index is 9.76. The highest BCUT2D eigenvalue weighted by Gasteiger charge is 2.20. The first-order valence-electron chi connectivity index (χ1n) is 4.78. The molecule has 3 N–H and O–H groups in total. The maximum Gasteiger partial charge on any atom is 0.121 e. The minimum Gasteiger partial charge on any atom is -0.508 e. The monoisotopic (exact) mass is 230 g/mol. The third kappa shape index (κ3) is 3.09. The third-order valence-electron chi connectivity index (χ3n) is 2.27. The highest BCUT2D eigenvalue weighted by atomic mass is 35.5. The van der Waals surface area contributed by atoms with E-state index in [1.807, 2.05) is 6.92 Å². The van der Waals surface area contributed by atoms with Gasteiger partial charge in [0.2, 0.25) is 0 Å². The minimum atomic E-state index is -1.09. The van der Waals surface area contributed by atoms with E-state index in [4.69, 9.17) is 11.6 Å². The molecule has 0 spiro atoms. The molecule has 0 fully saturated rings. The van der Waals surface area contributed by atoms with E-state index in [1.54, 1.807) is 12.1 Å². The molecule has 84 valence electrons. The van der Waals surface area contributed by atoms with Gasteiger partial charge in [-0.25, -0.2) is 0 Å². The molecule has 1 aromatic carbocycles. The van der Waals surface area contributed by atoms with Crippen LogP contribution in [0.3, 0.4) is 0 Å². The maximum atomic E-state index is 9.76. The Morgan fingerprint density at radius 1 is 1.33 bits per heavy atom. The number of aliphatic hydroxyl groups is 2. The van der Waals surface area contributed by atoms with Crippen molar-refractivity contribution in [3.63, 3.8) is 0 Å². The molecule has 2 unspecified atom stereocenters. The molecule has 0 heterocycles. The van der Waals surface area contributed by atoms with Crippen LogP contribution < -0.4 is 0 Å². The Hall–Kier alpha value is -0.770. The average molecular weight is 231 g/mol. The summed E-state index contributed by atoms with van der Waals surface area (Å²) in [4.78, 5) is 0. The van der Waals surface area contributed by atoms with Crippen molar-refractivity contribution in [3.8, 4) is 5.75 Å². The van der Waals surface area contributed by atoms with E-state index in [2.05, 4.69) is 0 Å². The fraction of sp³-hybridized carbons (Fsp3) is 0.455. The van der Waals surface area contributed by atoms with Gasteiger partial charge in [-0.15, -0.1) is 11.6 Å². The van der Waals surface area contributed by atoms with Gasteiger partial charge in [-0.1, -0.05) is 11.6 Å². The van der Waals surface area contributed by atoms with E-state index < -0.39 is 12.2 Å². The van der Waals surface area contributed by atoms with Crippen molar-refractivity contribution in [2.45, 2.75) is 25.6 Å². The number of hydrogen-bond acceptors (Lipinski definition) is 3. The molecular weight excluding hydrogens is 216 g/mol. The number of aliphatic hydroxyl groups excluding tert-OH is 2. The molecule has 0 aromatic heterocycles. The van der Waals surface area contributed by atoms with Crippen LogP contribution in [-0.4, -0.2) is 27.3 Å². The Kier molecular flexibility index (Phi) is 4.39. The predicted octanol–water partition coefficient (Wildman–Crippen LogP) is 1.72. The van der Waals surface area contributed by atoms with E-state index in [-0.39, 0.29) is 18.1 Å². The van der Waals surface area contributed by atoms with Crippen LogP contribution >= 0.6 is 11.6 Å². The van der Waals surface area contributed by atoms with Gasteiger partial charge in [-0.05, 0) is 25.5 Å². The summed E-state index contributed by atoms with van der Waals surface area (Å²) < 4.78 is 0. The van der Waals surface area contributed by atoms with Crippen molar-refractivity contribution in [2.75, 3.05) is 5.88 Å². The molecule has 1 rings (SSSR count). The van der Waals surface area contributed by atoms with E-state index in [0.29, 0.717) is 5.56 Å². The molecule has 0 saturated carbocycles. The predicted molar refractivity (Wildman–Crippen MR) is 59.1 cm³/mol. The second kappa shape index (κ2) is 5.35. The summed E-state index contributed by atoms with van der Waals surface area (Å²) in [6.07, 6.45) is -1.75. The first kappa shape index (κ1) is 12.3. The van der Waals surface area contributed by atoms with Crippen molar-refractivity contribution in [2.24, 2.45) is 0 Å². The number of aryl methyl sites for hydroxylation is 1. The number of phenols is 1. The van der Waals surface area contributed by atoms with Crippen molar-refractivity contribution in [1.82, 2.24) is 0 Å². The summed E-state index contributed by atoms with van der Waals surface area (Å²) >= 11 is 5.47. The van der Waals surface area contributed by atoms with Crippen molar-refractivity contribution < 1.29 is 15.3 Å². The standard InChI is InChI=1S/C11H15ClO3/c1-7-2-3-9(13)8(6-7)11(15)10(14)4-5-12/h2-3,6,10-11,13-15H,4-5H2,1H3. The van der Waals surface area contributed by atoms with E-state index in [9.17, 15) is 15.3 Å². The second-order valence-electron chi connectivity index (χ2n) is 3.55. The van der Waals surface area contributed by atoms with Gasteiger partial charge in [0.1, 0.15) is 11.9 Å². The van der Waals surface area contributed by atoms with Gasteiger partial charge < -0.3 is 15.3 Å². The molecule has 15 heavy (non-hydrogen) atoms. The number of benzene rings is 1. The Labute approximate surface area is 93.9 Å². The quantitative estimate of drug-likeness (QED) is 0.691. The van der Waals surface area contributed by atoms with Gasteiger partial charge in [-0.2, -0.15) is 0 Å². The zero-order chi connectivity index (χ0) is 11.4. The van der Waals surface area contributed by atoms with Gasteiger partial charge >= 0.3 is 0 Å². The third-order valence-corrected chi connectivity index (χ3v) is 2.49. The van der Waals surface area contributed by atoms with Crippen LogP contribution in [-0.2, 0) is 0 Å². The smallest absolute Gasteiger partial charge is 0.121 e.